The Balaban J connectivity index is 3.21. The van der Waals surface area contributed by atoms with Crippen molar-refractivity contribution in [2.24, 2.45) is 5.92 Å². The fourth-order valence-electron chi connectivity index (χ4n) is 1.55. The molecule has 4 nitrogen and oxygen atoms in total. The second kappa shape index (κ2) is 12.6. The van der Waals surface area contributed by atoms with Crippen LogP contribution in [0.3, 0.4) is 0 Å². The minimum atomic E-state index is 0.0507. The van der Waals surface area contributed by atoms with Crippen molar-refractivity contribution in [2.45, 2.75) is 53.0 Å². The van der Waals surface area contributed by atoms with Gasteiger partial charge in [-0.3, -0.25) is 4.79 Å². The number of hydrogen-bond acceptors (Lipinski definition) is 4. The smallest absolute Gasteiger partial charge is 0.160 e. The lowest BCUT2D eigenvalue weighted by Gasteiger charge is -2.13. The van der Waals surface area contributed by atoms with E-state index >= 15 is 0 Å². The van der Waals surface area contributed by atoms with Crippen LogP contribution in [0, 0.1) is 5.92 Å². The summed E-state index contributed by atoms with van der Waals surface area (Å²) in [6.07, 6.45) is 3.73. The van der Waals surface area contributed by atoms with Gasteiger partial charge in [-0.25, -0.2) is 0 Å². The molecule has 0 radical (unpaired) electrons. The van der Waals surface area contributed by atoms with Crippen molar-refractivity contribution in [3.05, 3.63) is 0 Å². The van der Waals surface area contributed by atoms with Crippen LogP contribution in [-0.4, -0.2) is 44.8 Å². The molecule has 0 aliphatic heterocycles. The van der Waals surface area contributed by atoms with E-state index in [0.29, 0.717) is 25.9 Å². The van der Waals surface area contributed by atoms with Crippen molar-refractivity contribution >= 4 is 5.78 Å². The summed E-state index contributed by atoms with van der Waals surface area (Å²) in [5.41, 5.74) is 0. The maximum absolute atomic E-state index is 11.3. The van der Waals surface area contributed by atoms with Gasteiger partial charge < -0.3 is 14.8 Å². The van der Waals surface area contributed by atoms with Gasteiger partial charge in [0.15, 0.2) is 5.78 Å². The maximum Gasteiger partial charge on any atom is 0.160 e. The van der Waals surface area contributed by atoms with Crippen molar-refractivity contribution in [1.82, 2.24) is 5.32 Å². The van der Waals surface area contributed by atoms with E-state index < -0.39 is 0 Å². The molecule has 0 bridgehead atoms. The summed E-state index contributed by atoms with van der Waals surface area (Å²) in [4.78, 5) is 11.3. The molecule has 0 amide bonds. The standard InChI is InChI=1S/C15H31NO3/c1-5-6-7-14(4)16-8-9-18-10-11-19-12-15(17)13(2)3/h13-14,16H,5-12H2,1-4H3. The molecule has 0 fully saturated rings. The van der Waals surface area contributed by atoms with Gasteiger partial charge >= 0.3 is 0 Å². The zero-order chi connectivity index (χ0) is 14.5. The lowest BCUT2D eigenvalue weighted by Crippen LogP contribution is -2.29. The van der Waals surface area contributed by atoms with E-state index in [-0.39, 0.29) is 18.3 Å². The minimum absolute atomic E-state index is 0.0507. The van der Waals surface area contributed by atoms with Gasteiger partial charge in [-0.1, -0.05) is 33.6 Å². The lowest BCUT2D eigenvalue weighted by atomic mass is 10.1. The Bertz CT molecular complexity index is 219. The number of Topliss-reactive ketones (excluding diaryl/α,β-unsaturated/α-hetero) is 1. The predicted octanol–water partition coefficient (Wildman–Crippen LogP) is 2.41. The Labute approximate surface area is 118 Å². The van der Waals surface area contributed by atoms with Crippen LogP contribution < -0.4 is 5.32 Å². The maximum atomic E-state index is 11.3. The van der Waals surface area contributed by atoms with E-state index in [2.05, 4.69) is 19.2 Å². The van der Waals surface area contributed by atoms with Crippen molar-refractivity contribution in [3.63, 3.8) is 0 Å². The third-order valence-corrected chi connectivity index (χ3v) is 2.99. The number of ether oxygens (including phenoxy) is 2. The number of rotatable bonds is 13. The van der Waals surface area contributed by atoms with E-state index in [1.165, 1.54) is 19.3 Å². The zero-order valence-corrected chi connectivity index (χ0v) is 13.0. The average molecular weight is 273 g/mol. The second-order valence-corrected chi connectivity index (χ2v) is 5.28. The summed E-state index contributed by atoms with van der Waals surface area (Å²) in [5, 5.41) is 3.42. The first-order valence-corrected chi connectivity index (χ1v) is 7.49. The van der Waals surface area contributed by atoms with Crippen LogP contribution in [0.4, 0.5) is 0 Å². The molecular weight excluding hydrogens is 242 g/mol. The first-order chi connectivity index (χ1) is 9.07. The van der Waals surface area contributed by atoms with Crippen molar-refractivity contribution in [2.75, 3.05) is 33.0 Å². The molecule has 0 heterocycles. The summed E-state index contributed by atoms with van der Waals surface area (Å²) in [6, 6.07) is 0.559. The summed E-state index contributed by atoms with van der Waals surface area (Å²) in [6.45, 7) is 11.0. The SMILES string of the molecule is CCCCC(C)NCCOCCOCC(=O)C(C)C. The minimum Gasteiger partial charge on any atom is -0.378 e. The fourth-order valence-corrected chi connectivity index (χ4v) is 1.55. The zero-order valence-electron chi connectivity index (χ0n) is 13.0. The van der Waals surface area contributed by atoms with Crippen LogP contribution in [0.15, 0.2) is 0 Å². The van der Waals surface area contributed by atoms with E-state index in [9.17, 15) is 4.79 Å². The summed E-state index contributed by atoms with van der Waals surface area (Å²) >= 11 is 0. The highest BCUT2D eigenvalue weighted by Crippen LogP contribution is 1.98. The Kier molecular flexibility index (Phi) is 12.3. The van der Waals surface area contributed by atoms with E-state index in [0.717, 1.165) is 6.54 Å². The Morgan fingerprint density at radius 1 is 1.11 bits per heavy atom. The third-order valence-electron chi connectivity index (χ3n) is 2.99. The Morgan fingerprint density at radius 2 is 1.79 bits per heavy atom. The van der Waals surface area contributed by atoms with Gasteiger partial charge in [-0.2, -0.15) is 0 Å². The van der Waals surface area contributed by atoms with E-state index in [1.54, 1.807) is 0 Å². The van der Waals surface area contributed by atoms with E-state index in [1.807, 2.05) is 13.8 Å². The van der Waals surface area contributed by atoms with Gasteiger partial charge in [0, 0.05) is 18.5 Å². The molecule has 0 aliphatic rings. The molecule has 0 spiro atoms. The normalized spacial score (nSPS) is 12.9. The van der Waals surface area contributed by atoms with E-state index in [4.69, 9.17) is 9.47 Å². The van der Waals surface area contributed by atoms with Gasteiger partial charge in [-0.05, 0) is 13.3 Å². The van der Waals surface area contributed by atoms with Crippen LogP contribution in [0.25, 0.3) is 0 Å². The number of carbonyl (C=O) groups excluding carboxylic acids is 1. The highest BCUT2D eigenvalue weighted by atomic mass is 16.5. The van der Waals surface area contributed by atoms with Gasteiger partial charge in [0.25, 0.3) is 0 Å². The van der Waals surface area contributed by atoms with Crippen molar-refractivity contribution in [1.29, 1.82) is 0 Å². The molecule has 1 unspecified atom stereocenters. The van der Waals surface area contributed by atoms with Crippen LogP contribution in [-0.2, 0) is 14.3 Å². The predicted molar refractivity (Wildman–Crippen MR) is 78.5 cm³/mol. The molecule has 0 aromatic rings. The topological polar surface area (TPSA) is 47.6 Å². The van der Waals surface area contributed by atoms with Gasteiger partial charge in [0.2, 0.25) is 0 Å². The molecule has 0 aliphatic carbocycles. The van der Waals surface area contributed by atoms with Gasteiger partial charge in [0.1, 0.15) is 6.61 Å². The summed E-state index contributed by atoms with van der Waals surface area (Å²) in [5.74, 6) is 0.196. The second-order valence-electron chi connectivity index (χ2n) is 5.28. The molecule has 1 N–H and O–H groups in total. The molecule has 0 saturated heterocycles. The lowest BCUT2D eigenvalue weighted by molar-refractivity contribution is -0.127. The number of ketones is 1. The average Bonchev–Trinajstić information content (AvgIpc) is 2.38. The van der Waals surface area contributed by atoms with Gasteiger partial charge in [-0.15, -0.1) is 0 Å². The van der Waals surface area contributed by atoms with Crippen LogP contribution in [0.1, 0.15) is 47.0 Å². The molecular formula is C15H31NO3. The van der Waals surface area contributed by atoms with Crippen LogP contribution in [0.5, 0.6) is 0 Å². The molecule has 0 rings (SSSR count). The first kappa shape index (κ1) is 18.6. The van der Waals surface area contributed by atoms with Crippen LogP contribution >= 0.6 is 0 Å². The summed E-state index contributed by atoms with van der Waals surface area (Å²) in [7, 11) is 0. The third kappa shape index (κ3) is 12.3. The quantitative estimate of drug-likeness (QED) is 0.524. The molecule has 0 saturated carbocycles. The number of carbonyl (C=O) groups is 1. The van der Waals surface area contributed by atoms with Crippen molar-refractivity contribution < 1.29 is 14.3 Å². The highest BCUT2D eigenvalue weighted by molar-refractivity contribution is 5.81. The molecule has 19 heavy (non-hydrogen) atoms. The van der Waals surface area contributed by atoms with Crippen LogP contribution in [0.2, 0.25) is 0 Å². The summed E-state index contributed by atoms with van der Waals surface area (Å²) < 4.78 is 10.7. The first-order valence-electron chi connectivity index (χ1n) is 7.49. The van der Waals surface area contributed by atoms with Crippen molar-refractivity contribution in [3.8, 4) is 0 Å². The molecule has 0 aromatic heterocycles. The fraction of sp³-hybridized carbons (Fsp3) is 0.933. The number of unbranched alkanes of at least 4 members (excludes halogenated alkanes) is 1. The molecule has 114 valence electrons. The number of nitrogens with one attached hydrogen (secondary N) is 1. The molecule has 4 heteroatoms. The Morgan fingerprint density at radius 3 is 2.42 bits per heavy atom. The number of hydrogen-bond donors (Lipinski definition) is 1. The molecule has 0 aromatic carbocycles. The monoisotopic (exact) mass is 273 g/mol. The Hall–Kier alpha value is -0.450. The largest absolute Gasteiger partial charge is 0.378 e. The highest BCUT2D eigenvalue weighted by Gasteiger charge is 2.06. The molecule has 1 atom stereocenters. The van der Waals surface area contributed by atoms with Gasteiger partial charge in [0.05, 0.1) is 19.8 Å².